The third kappa shape index (κ3) is 3.50. The second-order valence-electron chi connectivity index (χ2n) is 6.11. The van der Waals surface area contributed by atoms with Gasteiger partial charge in [-0.1, -0.05) is 24.3 Å². The summed E-state index contributed by atoms with van der Waals surface area (Å²) in [7, 11) is 0.378. The van der Waals surface area contributed by atoms with Gasteiger partial charge >= 0.3 is 7.12 Å². The molecular weight excluding hydrogens is 343 g/mol. The van der Waals surface area contributed by atoms with E-state index in [1.165, 1.54) is 0 Å². The zero-order valence-electron chi connectivity index (χ0n) is 14.6. The minimum absolute atomic E-state index is 0.452. The lowest BCUT2D eigenvalue weighted by Crippen LogP contribution is -2.29. The summed E-state index contributed by atoms with van der Waals surface area (Å²) in [4.78, 5) is 13.4. The molecule has 8 nitrogen and oxygen atoms in total. The van der Waals surface area contributed by atoms with Crippen LogP contribution in [0, 0.1) is 0 Å². The zero-order chi connectivity index (χ0) is 18.8. The van der Waals surface area contributed by atoms with Crippen molar-refractivity contribution in [2.45, 2.75) is 6.54 Å². The van der Waals surface area contributed by atoms with Gasteiger partial charge in [0.05, 0.1) is 6.20 Å². The first-order chi connectivity index (χ1) is 13.1. The van der Waals surface area contributed by atoms with E-state index in [9.17, 15) is 10.0 Å². The third-order valence-corrected chi connectivity index (χ3v) is 4.25. The van der Waals surface area contributed by atoms with Crippen LogP contribution in [0.5, 0.6) is 0 Å². The summed E-state index contributed by atoms with van der Waals surface area (Å²) in [5.41, 5.74) is 3.81. The highest BCUT2D eigenvalue weighted by atomic mass is 16.4. The molecule has 0 fully saturated rings. The fourth-order valence-electron chi connectivity index (χ4n) is 2.82. The summed E-state index contributed by atoms with van der Waals surface area (Å²) in [6, 6.07) is 10.8. The van der Waals surface area contributed by atoms with Crippen molar-refractivity contribution in [2.75, 3.05) is 5.32 Å². The van der Waals surface area contributed by atoms with Gasteiger partial charge in [0.15, 0.2) is 11.6 Å². The highest BCUT2D eigenvalue weighted by molar-refractivity contribution is 6.58. The maximum Gasteiger partial charge on any atom is 0.488 e. The number of hydrogen-bond acceptors (Lipinski definition) is 7. The molecule has 4 aromatic rings. The summed E-state index contributed by atoms with van der Waals surface area (Å²) >= 11 is 0. The van der Waals surface area contributed by atoms with Crippen LogP contribution < -0.4 is 10.8 Å². The van der Waals surface area contributed by atoms with E-state index in [-0.39, 0.29) is 0 Å². The first-order valence-electron chi connectivity index (χ1n) is 8.41. The van der Waals surface area contributed by atoms with Crippen molar-refractivity contribution in [2.24, 2.45) is 7.05 Å². The van der Waals surface area contributed by atoms with Gasteiger partial charge in [0.2, 0.25) is 0 Å². The summed E-state index contributed by atoms with van der Waals surface area (Å²) in [6.45, 7) is 0.519. The summed E-state index contributed by atoms with van der Waals surface area (Å²) in [6.07, 6.45) is 5.14. The topological polar surface area (TPSA) is 109 Å². The molecule has 3 heterocycles. The van der Waals surface area contributed by atoms with E-state index >= 15 is 0 Å². The van der Waals surface area contributed by atoms with Gasteiger partial charge in [0, 0.05) is 31.5 Å². The van der Waals surface area contributed by atoms with E-state index in [0.717, 1.165) is 22.2 Å². The maximum absolute atomic E-state index is 9.19. The van der Waals surface area contributed by atoms with Crippen LogP contribution in [0.15, 0.2) is 55.0 Å². The molecule has 0 aliphatic carbocycles. The molecule has 1 aromatic carbocycles. The molecule has 3 N–H and O–H groups in total. The predicted octanol–water partition coefficient (Wildman–Crippen LogP) is 0.717. The zero-order valence-corrected chi connectivity index (χ0v) is 14.6. The molecule has 0 spiro atoms. The second-order valence-corrected chi connectivity index (χ2v) is 6.11. The molecule has 134 valence electrons. The summed E-state index contributed by atoms with van der Waals surface area (Å²) < 4.78 is 1.73. The number of rotatable bonds is 5. The van der Waals surface area contributed by atoms with Crippen LogP contribution in [0.2, 0.25) is 0 Å². The van der Waals surface area contributed by atoms with Crippen molar-refractivity contribution in [3.63, 3.8) is 0 Å². The van der Waals surface area contributed by atoms with Gasteiger partial charge in [0.1, 0.15) is 11.0 Å². The van der Waals surface area contributed by atoms with Gasteiger partial charge in [-0.2, -0.15) is 5.10 Å². The standard InChI is InChI=1S/C18H17BN6O2/c1-25-16-15(11-22-25)23-17(13-3-2-8-20-10-13)24-18(16)21-9-12-4-6-14(7-5-12)19(26)27/h2-8,10-11,26-27H,9H2,1H3,(H,21,23,24). The van der Waals surface area contributed by atoms with E-state index in [2.05, 4.69) is 25.4 Å². The molecule has 0 radical (unpaired) electrons. The number of nitrogens with zero attached hydrogens (tertiary/aromatic N) is 5. The Hall–Kier alpha value is -3.30. The van der Waals surface area contributed by atoms with Crippen LogP contribution in [0.25, 0.3) is 22.4 Å². The molecule has 0 unspecified atom stereocenters. The Bertz CT molecular complexity index is 1070. The van der Waals surface area contributed by atoms with E-state index in [1.54, 1.807) is 35.4 Å². The Labute approximate surface area is 155 Å². The number of anilines is 1. The molecule has 0 atom stereocenters. The van der Waals surface area contributed by atoms with E-state index < -0.39 is 7.12 Å². The minimum atomic E-state index is -1.47. The van der Waals surface area contributed by atoms with Crippen LogP contribution in [-0.2, 0) is 13.6 Å². The molecule has 0 saturated heterocycles. The Morgan fingerprint density at radius 1 is 1.07 bits per heavy atom. The molecule has 3 aromatic heterocycles. The molecule has 0 amide bonds. The molecule has 0 bridgehead atoms. The van der Waals surface area contributed by atoms with Crippen LogP contribution in [0.3, 0.4) is 0 Å². The maximum atomic E-state index is 9.19. The van der Waals surface area contributed by atoms with E-state index in [0.29, 0.717) is 23.6 Å². The van der Waals surface area contributed by atoms with Gasteiger partial charge in [-0.15, -0.1) is 0 Å². The number of nitrogens with one attached hydrogen (secondary N) is 1. The van der Waals surface area contributed by atoms with Crippen LogP contribution in [0.4, 0.5) is 5.82 Å². The fraction of sp³-hybridized carbons (Fsp3) is 0.111. The quantitative estimate of drug-likeness (QED) is 0.450. The lowest BCUT2D eigenvalue weighted by atomic mass is 9.80. The first kappa shape index (κ1) is 17.1. The number of fused-ring (bicyclic) bond motifs is 1. The van der Waals surface area contributed by atoms with Gasteiger partial charge in [-0.25, -0.2) is 9.97 Å². The monoisotopic (exact) mass is 360 g/mol. The van der Waals surface area contributed by atoms with Crippen molar-refractivity contribution in [3.05, 3.63) is 60.6 Å². The number of aryl methyl sites for hydroxylation is 1. The Balaban J connectivity index is 1.66. The van der Waals surface area contributed by atoms with Gasteiger partial charge in [0.25, 0.3) is 0 Å². The van der Waals surface area contributed by atoms with Crippen molar-refractivity contribution >= 4 is 29.4 Å². The smallest absolute Gasteiger partial charge is 0.423 e. The van der Waals surface area contributed by atoms with E-state index in [4.69, 9.17) is 0 Å². The number of aromatic nitrogens is 5. The minimum Gasteiger partial charge on any atom is -0.423 e. The fourth-order valence-corrected chi connectivity index (χ4v) is 2.82. The van der Waals surface area contributed by atoms with Crippen LogP contribution in [0.1, 0.15) is 5.56 Å². The summed E-state index contributed by atoms with van der Waals surface area (Å²) in [5.74, 6) is 1.25. The molecule has 0 saturated carbocycles. The molecule has 9 heteroatoms. The van der Waals surface area contributed by atoms with Gasteiger partial charge in [-0.05, 0) is 23.2 Å². The molecule has 0 aliphatic rings. The molecular formula is C18H17BN6O2. The average molecular weight is 360 g/mol. The van der Waals surface area contributed by atoms with Gasteiger partial charge in [-0.3, -0.25) is 9.67 Å². The van der Waals surface area contributed by atoms with Crippen LogP contribution in [-0.4, -0.2) is 41.9 Å². The highest BCUT2D eigenvalue weighted by Crippen LogP contribution is 2.24. The van der Waals surface area contributed by atoms with Crippen molar-refractivity contribution in [1.82, 2.24) is 24.7 Å². The lowest BCUT2D eigenvalue weighted by molar-refractivity contribution is 0.426. The number of benzene rings is 1. The Kier molecular flexibility index (Phi) is 4.53. The van der Waals surface area contributed by atoms with Crippen LogP contribution >= 0.6 is 0 Å². The first-order valence-corrected chi connectivity index (χ1v) is 8.41. The van der Waals surface area contributed by atoms with E-state index in [1.807, 2.05) is 31.3 Å². The Morgan fingerprint density at radius 3 is 2.59 bits per heavy atom. The SMILES string of the molecule is Cn1ncc2nc(-c3cccnc3)nc(NCc3ccc(B(O)O)cc3)c21. The van der Waals surface area contributed by atoms with Gasteiger partial charge < -0.3 is 15.4 Å². The molecule has 4 rings (SSSR count). The molecule has 27 heavy (non-hydrogen) atoms. The van der Waals surface area contributed by atoms with Crippen molar-refractivity contribution < 1.29 is 10.0 Å². The summed E-state index contributed by atoms with van der Waals surface area (Å²) in [5, 5.41) is 26.0. The number of pyridine rings is 1. The third-order valence-electron chi connectivity index (χ3n) is 4.25. The lowest BCUT2D eigenvalue weighted by Gasteiger charge is -2.10. The largest absolute Gasteiger partial charge is 0.488 e. The normalized spacial score (nSPS) is 10.9. The predicted molar refractivity (Wildman–Crippen MR) is 103 cm³/mol. The average Bonchev–Trinajstić information content (AvgIpc) is 3.08. The van der Waals surface area contributed by atoms with Crippen molar-refractivity contribution in [1.29, 1.82) is 0 Å². The Morgan fingerprint density at radius 2 is 1.89 bits per heavy atom. The van der Waals surface area contributed by atoms with Crippen molar-refractivity contribution in [3.8, 4) is 11.4 Å². The highest BCUT2D eigenvalue weighted by Gasteiger charge is 2.14. The second kappa shape index (κ2) is 7.14. The molecule has 0 aliphatic heterocycles. The number of hydrogen-bond donors (Lipinski definition) is 3.